The fourth-order valence-corrected chi connectivity index (χ4v) is 4.75. The number of nitrogens with zero attached hydrogens (tertiary/aromatic N) is 2. The fourth-order valence-electron chi connectivity index (χ4n) is 3.49. The SMILES string of the molecule is CC1CC(N2CCC(N3CCNCC3)C2)CS1. The fraction of sp³-hybridized carbons (Fsp3) is 1.00. The first-order chi connectivity index (χ1) is 8.33. The average Bonchev–Trinajstić information content (AvgIpc) is 2.98. The van der Waals surface area contributed by atoms with E-state index in [0.29, 0.717) is 0 Å². The molecule has 17 heavy (non-hydrogen) atoms. The minimum absolute atomic E-state index is 0.845. The van der Waals surface area contributed by atoms with Crippen molar-refractivity contribution in [3.8, 4) is 0 Å². The number of thioether (sulfide) groups is 1. The van der Waals surface area contributed by atoms with Crippen LogP contribution in [0.5, 0.6) is 0 Å². The normalized spacial score (nSPS) is 41.1. The Balaban J connectivity index is 1.51. The lowest BCUT2D eigenvalue weighted by Crippen LogP contribution is -2.49. The monoisotopic (exact) mass is 255 g/mol. The van der Waals surface area contributed by atoms with Crippen LogP contribution in [0, 0.1) is 0 Å². The Morgan fingerprint density at radius 3 is 2.59 bits per heavy atom. The van der Waals surface area contributed by atoms with Gasteiger partial charge in [-0.05, 0) is 12.8 Å². The molecule has 0 aromatic carbocycles. The zero-order valence-corrected chi connectivity index (χ0v) is 11.7. The van der Waals surface area contributed by atoms with Crippen LogP contribution in [0.15, 0.2) is 0 Å². The van der Waals surface area contributed by atoms with Gasteiger partial charge in [-0.2, -0.15) is 11.8 Å². The van der Waals surface area contributed by atoms with Crippen LogP contribution in [0.4, 0.5) is 0 Å². The zero-order chi connectivity index (χ0) is 11.7. The highest BCUT2D eigenvalue weighted by atomic mass is 32.2. The van der Waals surface area contributed by atoms with E-state index in [1.165, 1.54) is 57.9 Å². The average molecular weight is 255 g/mol. The van der Waals surface area contributed by atoms with E-state index < -0.39 is 0 Å². The van der Waals surface area contributed by atoms with E-state index in [4.69, 9.17) is 0 Å². The molecule has 4 heteroatoms. The highest BCUT2D eigenvalue weighted by Gasteiger charge is 2.34. The Morgan fingerprint density at radius 2 is 1.88 bits per heavy atom. The summed E-state index contributed by atoms with van der Waals surface area (Å²) >= 11 is 2.16. The van der Waals surface area contributed by atoms with Crippen LogP contribution in [-0.2, 0) is 0 Å². The second-order valence-electron chi connectivity index (χ2n) is 5.76. The van der Waals surface area contributed by atoms with Gasteiger partial charge >= 0.3 is 0 Å². The third-order valence-electron chi connectivity index (χ3n) is 4.56. The van der Waals surface area contributed by atoms with Crippen LogP contribution < -0.4 is 5.32 Å². The molecule has 0 amide bonds. The highest BCUT2D eigenvalue weighted by Crippen LogP contribution is 2.32. The van der Waals surface area contributed by atoms with Crippen molar-refractivity contribution < 1.29 is 0 Å². The van der Waals surface area contributed by atoms with Gasteiger partial charge in [-0.25, -0.2) is 0 Å². The first-order valence-corrected chi connectivity index (χ1v) is 8.18. The maximum atomic E-state index is 3.45. The predicted molar refractivity (Wildman–Crippen MR) is 74.7 cm³/mol. The minimum atomic E-state index is 0.845. The molecule has 3 unspecified atom stereocenters. The van der Waals surface area contributed by atoms with Gasteiger partial charge in [-0.15, -0.1) is 0 Å². The van der Waals surface area contributed by atoms with E-state index in [1.807, 2.05) is 0 Å². The standard InChI is InChI=1S/C13H25N3S/c1-11-8-13(10-17-11)16-5-2-12(9-16)15-6-3-14-4-7-15/h11-14H,2-10H2,1H3. The molecule has 98 valence electrons. The Bertz CT molecular complexity index is 244. The topological polar surface area (TPSA) is 18.5 Å². The van der Waals surface area contributed by atoms with Crippen molar-refractivity contribution in [1.82, 2.24) is 15.1 Å². The zero-order valence-electron chi connectivity index (χ0n) is 10.9. The number of rotatable bonds is 2. The number of likely N-dealkylation sites (tertiary alicyclic amines) is 1. The Hall–Kier alpha value is 0.230. The molecule has 0 bridgehead atoms. The lowest BCUT2D eigenvalue weighted by atomic mass is 10.1. The Morgan fingerprint density at radius 1 is 1.06 bits per heavy atom. The van der Waals surface area contributed by atoms with Crippen molar-refractivity contribution >= 4 is 11.8 Å². The van der Waals surface area contributed by atoms with Crippen molar-refractivity contribution in [2.75, 3.05) is 45.0 Å². The highest BCUT2D eigenvalue weighted by molar-refractivity contribution is 8.00. The van der Waals surface area contributed by atoms with Crippen molar-refractivity contribution in [2.24, 2.45) is 0 Å². The number of hydrogen-bond acceptors (Lipinski definition) is 4. The molecule has 3 saturated heterocycles. The van der Waals surface area contributed by atoms with E-state index in [0.717, 1.165) is 17.3 Å². The summed E-state index contributed by atoms with van der Waals surface area (Å²) in [5, 5.41) is 4.34. The van der Waals surface area contributed by atoms with Gasteiger partial charge in [0, 0.05) is 62.4 Å². The van der Waals surface area contributed by atoms with Crippen LogP contribution in [0.1, 0.15) is 19.8 Å². The van der Waals surface area contributed by atoms with Crippen LogP contribution in [0.2, 0.25) is 0 Å². The van der Waals surface area contributed by atoms with E-state index in [9.17, 15) is 0 Å². The van der Waals surface area contributed by atoms with Crippen molar-refractivity contribution in [2.45, 2.75) is 37.1 Å². The van der Waals surface area contributed by atoms with E-state index in [2.05, 4.69) is 33.8 Å². The van der Waals surface area contributed by atoms with Crippen molar-refractivity contribution in [1.29, 1.82) is 0 Å². The predicted octanol–water partition coefficient (Wildman–Crippen LogP) is 0.860. The Kier molecular flexibility index (Phi) is 3.95. The quantitative estimate of drug-likeness (QED) is 0.788. The second kappa shape index (κ2) is 5.47. The summed E-state index contributed by atoms with van der Waals surface area (Å²) in [7, 11) is 0. The molecule has 0 spiro atoms. The van der Waals surface area contributed by atoms with Crippen LogP contribution in [0.25, 0.3) is 0 Å². The number of piperazine rings is 1. The first kappa shape index (κ1) is 12.3. The molecule has 1 N–H and O–H groups in total. The molecule has 3 heterocycles. The van der Waals surface area contributed by atoms with Crippen LogP contribution in [-0.4, -0.2) is 72.2 Å². The minimum Gasteiger partial charge on any atom is -0.314 e. The molecular weight excluding hydrogens is 230 g/mol. The van der Waals surface area contributed by atoms with Gasteiger partial charge in [0.05, 0.1) is 0 Å². The third kappa shape index (κ3) is 2.80. The molecule has 0 saturated carbocycles. The van der Waals surface area contributed by atoms with Gasteiger partial charge in [0.1, 0.15) is 0 Å². The van der Waals surface area contributed by atoms with E-state index in [1.54, 1.807) is 0 Å². The first-order valence-electron chi connectivity index (χ1n) is 7.13. The summed E-state index contributed by atoms with van der Waals surface area (Å²) in [6.45, 7) is 9.95. The second-order valence-corrected chi connectivity index (χ2v) is 7.23. The Labute approximate surface area is 109 Å². The molecular formula is C13H25N3S. The summed E-state index contributed by atoms with van der Waals surface area (Å²) in [6.07, 6.45) is 2.81. The maximum Gasteiger partial charge on any atom is 0.0236 e. The maximum absolute atomic E-state index is 3.45. The van der Waals surface area contributed by atoms with Gasteiger partial charge in [-0.1, -0.05) is 6.92 Å². The molecule has 0 radical (unpaired) electrons. The summed E-state index contributed by atoms with van der Waals surface area (Å²) in [6, 6.07) is 1.72. The molecule has 0 aromatic rings. The molecule has 0 aromatic heterocycles. The largest absolute Gasteiger partial charge is 0.314 e. The number of hydrogen-bond donors (Lipinski definition) is 1. The van der Waals surface area contributed by atoms with Crippen LogP contribution in [0.3, 0.4) is 0 Å². The van der Waals surface area contributed by atoms with Gasteiger partial charge in [0.25, 0.3) is 0 Å². The molecule has 3 aliphatic rings. The smallest absolute Gasteiger partial charge is 0.0236 e. The molecule has 3 aliphatic heterocycles. The summed E-state index contributed by atoms with van der Waals surface area (Å²) < 4.78 is 0. The lowest BCUT2D eigenvalue weighted by molar-refractivity contribution is 0.162. The molecule has 0 aliphatic carbocycles. The third-order valence-corrected chi connectivity index (χ3v) is 5.90. The lowest BCUT2D eigenvalue weighted by Gasteiger charge is -2.33. The number of nitrogens with one attached hydrogen (secondary N) is 1. The summed E-state index contributed by atoms with van der Waals surface area (Å²) in [4.78, 5) is 5.48. The summed E-state index contributed by atoms with van der Waals surface area (Å²) in [5.41, 5.74) is 0. The van der Waals surface area contributed by atoms with Gasteiger partial charge in [0.2, 0.25) is 0 Å². The van der Waals surface area contributed by atoms with Crippen LogP contribution >= 0.6 is 11.8 Å². The molecule has 3 rings (SSSR count). The van der Waals surface area contributed by atoms with Crippen molar-refractivity contribution in [3.05, 3.63) is 0 Å². The van der Waals surface area contributed by atoms with E-state index in [-0.39, 0.29) is 0 Å². The van der Waals surface area contributed by atoms with Gasteiger partial charge in [-0.3, -0.25) is 9.80 Å². The van der Waals surface area contributed by atoms with E-state index >= 15 is 0 Å². The molecule has 3 fully saturated rings. The molecule has 3 atom stereocenters. The van der Waals surface area contributed by atoms with Crippen molar-refractivity contribution in [3.63, 3.8) is 0 Å². The van der Waals surface area contributed by atoms with Gasteiger partial charge in [0.15, 0.2) is 0 Å². The van der Waals surface area contributed by atoms with Gasteiger partial charge < -0.3 is 5.32 Å². The molecule has 3 nitrogen and oxygen atoms in total. The summed E-state index contributed by atoms with van der Waals surface area (Å²) in [5.74, 6) is 1.37.